The van der Waals surface area contributed by atoms with Gasteiger partial charge in [-0.15, -0.1) is 0 Å². The van der Waals surface area contributed by atoms with E-state index in [1.54, 1.807) is 12.3 Å². The van der Waals surface area contributed by atoms with Gasteiger partial charge < -0.3 is 9.80 Å². The molecular formula is C26H25ClN6O2. The Morgan fingerprint density at radius 2 is 1.94 bits per heavy atom. The summed E-state index contributed by atoms with van der Waals surface area (Å²) < 4.78 is 1.81. The SMILES string of the molecule is Cc1ccc2c(c1)CCN2C(=O)c1cc(Cl)nc(N2CCC(n3c(=O)[nH]c4ncccc43)CC2)c1. The minimum atomic E-state index is -0.132. The predicted octanol–water partition coefficient (Wildman–Crippen LogP) is 4.13. The molecule has 0 radical (unpaired) electrons. The summed E-state index contributed by atoms with van der Waals surface area (Å²) >= 11 is 6.37. The molecule has 0 bridgehead atoms. The molecule has 8 nitrogen and oxygen atoms in total. The van der Waals surface area contributed by atoms with Gasteiger partial charge >= 0.3 is 5.69 Å². The number of amides is 1. The highest BCUT2D eigenvalue weighted by molar-refractivity contribution is 6.30. The molecule has 0 unspecified atom stereocenters. The van der Waals surface area contributed by atoms with E-state index in [2.05, 4.69) is 32.8 Å². The first-order chi connectivity index (χ1) is 17.0. The van der Waals surface area contributed by atoms with Crippen LogP contribution in [0.2, 0.25) is 5.15 Å². The van der Waals surface area contributed by atoms with E-state index in [1.807, 2.05) is 39.8 Å². The number of hydrogen-bond donors (Lipinski definition) is 1. The fraction of sp³-hybridized carbons (Fsp3) is 0.308. The molecule has 2 aliphatic heterocycles. The molecule has 0 spiro atoms. The van der Waals surface area contributed by atoms with Crippen molar-refractivity contribution in [3.8, 4) is 0 Å². The molecule has 2 aliphatic rings. The maximum absolute atomic E-state index is 13.4. The second kappa shape index (κ2) is 8.53. The van der Waals surface area contributed by atoms with E-state index >= 15 is 0 Å². The maximum Gasteiger partial charge on any atom is 0.327 e. The Balaban J connectivity index is 1.22. The van der Waals surface area contributed by atoms with Crippen LogP contribution in [0.1, 0.15) is 40.4 Å². The number of rotatable bonds is 3. The van der Waals surface area contributed by atoms with E-state index in [0.29, 0.717) is 41.8 Å². The molecule has 6 rings (SSSR count). The standard InChI is InChI=1S/C26H25ClN6O2/c1-16-4-5-20-17(13-16)6-12-32(20)25(34)18-14-22(27)29-23(15-18)31-10-7-19(8-11-31)33-21-3-2-9-28-24(21)30-26(33)35/h2-5,9,13-15,19H,6-8,10-12H2,1H3,(H,28,30,35). The van der Waals surface area contributed by atoms with E-state index in [1.165, 1.54) is 11.1 Å². The number of benzene rings is 1. The summed E-state index contributed by atoms with van der Waals surface area (Å²) in [5, 5.41) is 0.301. The summed E-state index contributed by atoms with van der Waals surface area (Å²) in [6.07, 6.45) is 4.08. The van der Waals surface area contributed by atoms with Crippen molar-refractivity contribution in [2.45, 2.75) is 32.2 Å². The molecule has 0 aliphatic carbocycles. The minimum absolute atomic E-state index is 0.0640. The van der Waals surface area contributed by atoms with Crippen molar-refractivity contribution in [1.29, 1.82) is 0 Å². The molecule has 9 heteroatoms. The highest BCUT2D eigenvalue weighted by Crippen LogP contribution is 2.32. The first-order valence-electron chi connectivity index (χ1n) is 11.9. The molecule has 3 aromatic heterocycles. The number of imidazole rings is 1. The van der Waals surface area contributed by atoms with Gasteiger partial charge in [0.2, 0.25) is 0 Å². The number of hydrogen-bond acceptors (Lipinski definition) is 5. The van der Waals surface area contributed by atoms with Gasteiger partial charge in [-0.3, -0.25) is 14.3 Å². The quantitative estimate of drug-likeness (QED) is 0.438. The number of H-pyrrole nitrogens is 1. The number of carbonyl (C=O) groups is 1. The lowest BCUT2D eigenvalue weighted by Crippen LogP contribution is -2.37. The van der Waals surface area contributed by atoms with Gasteiger partial charge in [0.1, 0.15) is 11.0 Å². The smallest absolute Gasteiger partial charge is 0.327 e. The Morgan fingerprint density at radius 3 is 2.77 bits per heavy atom. The Hall–Kier alpha value is -3.65. The van der Waals surface area contributed by atoms with Gasteiger partial charge in [0.05, 0.1) is 5.52 Å². The summed E-state index contributed by atoms with van der Waals surface area (Å²) in [5.74, 6) is 0.626. The number of carbonyl (C=O) groups excluding carboxylic acids is 1. The van der Waals surface area contributed by atoms with E-state index < -0.39 is 0 Å². The third kappa shape index (κ3) is 3.87. The van der Waals surface area contributed by atoms with E-state index in [-0.39, 0.29) is 17.6 Å². The van der Waals surface area contributed by atoms with Gasteiger partial charge in [0.15, 0.2) is 5.65 Å². The molecule has 5 heterocycles. The topological polar surface area (TPSA) is 87.1 Å². The largest absolute Gasteiger partial charge is 0.356 e. The molecule has 1 aromatic carbocycles. The number of aromatic nitrogens is 4. The zero-order valence-corrected chi connectivity index (χ0v) is 20.1. The summed E-state index contributed by atoms with van der Waals surface area (Å²) in [6, 6.07) is 13.5. The number of piperidine rings is 1. The van der Waals surface area contributed by atoms with Crippen LogP contribution in [0.15, 0.2) is 53.5 Å². The highest BCUT2D eigenvalue weighted by Gasteiger charge is 2.28. The lowest BCUT2D eigenvalue weighted by molar-refractivity contribution is 0.0989. The van der Waals surface area contributed by atoms with Gasteiger partial charge in [-0.25, -0.2) is 14.8 Å². The van der Waals surface area contributed by atoms with Crippen molar-refractivity contribution in [3.63, 3.8) is 0 Å². The van der Waals surface area contributed by atoms with Crippen molar-refractivity contribution in [3.05, 3.63) is 81.0 Å². The van der Waals surface area contributed by atoms with Crippen molar-refractivity contribution >= 4 is 40.2 Å². The average molecular weight is 489 g/mol. The van der Waals surface area contributed by atoms with Crippen LogP contribution in [0.5, 0.6) is 0 Å². The molecule has 1 amide bonds. The Morgan fingerprint density at radius 1 is 1.11 bits per heavy atom. The van der Waals surface area contributed by atoms with Crippen LogP contribution in [0.25, 0.3) is 11.2 Å². The van der Waals surface area contributed by atoms with Gasteiger partial charge in [-0.2, -0.15) is 0 Å². The Bertz CT molecular complexity index is 1500. The predicted molar refractivity (Wildman–Crippen MR) is 137 cm³/mol. The molecule has 1 fully saturated rings. The van der Waals surface area contributed by atoms with E-state index in [9.17, 15) is 9.59 Å². The number of nitrogens with zero attached hydrogens (tertiary/aromatic N) is 5. The number of pyridine rings is 2. The van der Waals surface area contributed by atoms with Crippen molar-refractivity contribution in [1.82, 2.24) is 19.5 Å². The summed E-state index contributed by atoms with van der Waals surface area (Å²) in [7, 11) is 0. The molecule has 0 saturated carbocycles. The first kappa shape index (κ1) is 21.9. The van der Waals surface area contributed by atoms with Crippen molar-refractivity contribution in [2.24, 2.45) is 0 Å². The maximum atomic E-state index is 13.4. The number of aryl methyl sites for hydroxylation is 1. The lowest BCUT2D eigenvalue weighted by atomic mass is 10.0. The average Bonchev–Trinajstić information content (AvgIpc) is 3.43. The summed E-state index contributed by atoms with van der Waals surface area (Å²) in [6.45, 7) is 4.13. The molecule has 1 N–H and O–H groups in total. The minimum Gasteiger partial charge on any atom is -0.356 e. The van der Waals surface area contributed by atoms with Crippen LogP contribution in [-0.2, 0) is 6.42 Å². The van der Waals surface area contributed by atoms with Crippen molar-refractivity contribution in [2.75, 3.05) is 29.4 Å². The monoisotopic (exact) mass is 488 g/mol. The van der Waals surface area contributed by atoms with Crippen LogP contribution < -0.4 is 15.5 Å². The number of anilines is 2. The van der Waals surface area contributed by atoms with Gasteiger partial charge in [-0.1, -0.05) is 29.3 Å². The lowest BCUT2D eigenvalue weighted by Gasteiger charge is -2.33. The van der Waals surface area contributed by atoms with Crippen LogP contribution in [0, 0.1) is 6.92 Å². The highest BCUT2D eigenvalue weighted by atomic mass is 35.5. The molecule has 1 saturated heterocycles. The van der Waals surface area contributed by atoms with Crippen molar-refractivity contribution < 1.29 is 4.79 Å². The van der Waals surface area contributed by atoms with Crippen LogP contribution in [-0.4, -0.2) is 45.1 Å². The second-order valence-corrected chi connectivity index (χ2v) is 9.65. The molecule has 35 heavy (non-hydrogen) atoms. The fourth-order valence-electron chi connectivity index (χ4n) is 5.34. The van der Waals surface area contributed by atoms with Gasteiger partial charge in [0, 0.05) is 43.1 Å². The zero-order valence-electron chi connectivity index (χ0n) is 19.4. The van der Waals surface area contributed by atoms with Gasteiger partial charge in [0.25, 0.3) is 5.91 Å². The number of halogens is 1. The van der Waals surface area contributed by atoms with Crippen LogP contribution in [0.3, 0.4) is 0 Å². The Kier molecular flexibility index (Phi) is 5.33. The number of nitrogens with one attached hydrogen (secondary N) is 1. The van der Waals surface area contributed by atoms with Gasteiger partial charge in [-0.05, 0) is 62.1 Å². The number of fused-ring (bicyclic) bond motifs is 2. The molecule has 4 aromatic rings. The molecular weight excluding hydrogens is 464 g/mol. The summed E-state index contributed by atoms with van der Waals surface area (Å²) in [4.78, 5) is 41.6. The first-order valence-corrected chi connectivity index (χ1v) is 12.2. The van der Waals surface area contributed by atoms with Crippen LogP contribution in [0.4, 0.5) is 11.5 Å². The van der Waals surface area contributed by atoms with E-state index in [0.717, 1.165) is 30.5 Å². The van der Waals surface area contributed by atoms with E-state index in [4.69, 9.17) is 11.6 Å². The Labute approximate surface area is 207 Å². The molecule has 178 valence electrons. The third-order valence-electron chi connectivity index (χ3n) is 7.05. The summed E-state index contributed by atoms with van der Waals surface area (Å²) in [5.41, 5.74) is 5.20. The second-order valence-electron chi connectivity index (χ2n) is 9.27. The fourth-order valence-corrected chi connectivity index (χ4v) is 5.54. The number of aromatic amines is 1. The molecule has 0 atom stereocenters. The van der Waals surface area contributed by atoms with Crippen LogP contribution >= 0.6 is 11.6 Å². The third-order valence-corrected chi connectivity index (χ3v) is 7.24. The normalized spacial score (nSPS) is 16.2. The zero-order chi connectivity index (χ0) is 24.1.